The van der Waals surface area contributed by atoms with Gasteiger partial charge in [-0.05, 0) is 45.7 Å². The predicted octanol–water partition coefficient (Wildman–Crippen LogP) is 0.587. The van der Waals surface area contributed by atoms with E-state index in [1.165, 1.54) is 12.8 Å². The predicted molar refractivity (Wildman–Crippen MR) is 76.9 cm³/mol. The van der Waals surface area contributed by atoms with Gasteiger partial charge < -0.3 is 15.8 Å². The molecule has 0 bridgehead atoms. The Balaban J connectivity index is 2.38. The maximum Gasteiger partial charge on any atom is 0.237 e. The second kappa shape index (κ2) is 8.51. The molecule has 0 saturated heterocycles. The molecule has 5 heteroatoms. The fourth-order valence-corrected chi connectivity index (χ4v) is 2.88. The Bertz CT molecular complexity index is 273. The molecule has 0 aliphatic heterocycles. The van der Waals surface area contributed by atoms with Crippen molar-refractivity contribution in [3.05, 3.63) is 0 Å². The number of amides is 1. The van der Waals surface area contributed by atoms with Gasteiger partial charge in [0.15, 0.2) is 0 Å². The monoisotopic (exact) mass is 271 g/mol. The van der Waals surface area contributed by atoms with Crippen molar-refractivity contribution in [2.75, 3.05) is 33.9 Å². The molecule has 1 rings (SSSR count). The number of carbonyl (C=O) groups is 1. The highest BCUT2D eigenvalue weighted by Crippen LogP contribution is 2.29. The number of carbonyl (C=O) groups excluding carboxylic acids is 1. The summed E-state index contributed by atoms with van der Waals surface area (Å²) >= 11 is 0. The third-order valence-electron chi connectivity index (χ3n) is 4.26. The van der Waals surface area contributed by atoms with E-state index in [-0.39, 0.29) is 11.9 Å². The van der Waals surface area contributed by atoms with E-state index < -0.39 is 0 Å². The first-order valence-corrected chi connectivity index (χ1v) is 7.30. The van der Waals surface area contributed by atoms with E-state index in [1.54, 1.807) is 7.11 Å². The summed E-state index contributed by atoms with van der Waals surface area (Å²) in [6.45, 7) is 4.05. The van der Waals surface area contributed by atoms with Crippen molar-refractivity contribution < 1.29 is 9.53 Å². The first kappa shape index (κ1) is 16.4. The standard InChI is InChI=1S/C14H29N3O2/c1-11(14(18)16-8-5-9-19-3)17(2)13-7-4-6-12(13)10-15/h11-13H,4-10,15H2,1-3H3,(H,16,18). The van der Waals surface area contributed by atoms with Gasteiger partial charge in [0.2, 0.25) is 5.91 Å². The lowest BCUT2D eigenvalue weighted by molar-refractivity contribution is -0.126. The van der Waals surface area contributed by atoms with Crippen LogP contribution in [0.3, 0.4) is 0 Å². The molecule has 3 unspecified atom stereocenters. The van der Waals surface area contributed by atoms with Gasteiger partial charge in [-0.15, -0.1) is 0 Å². The minimum Gasteiger partial charge on any atom is -0.385 e. The van der Waals surface area contributed by atoms with Crippen LogP contribution in [0.25, 0.3) is 0 Å². The van der Waals surface area contributed by atoms with E-state index in [4.69, 9.17) is 10.5 Å². The molecule has 0 radical (unpaired) electrons. The molecule has 0 aromatic carbocycles. The number of methoxy groups -OCH3 is 1. The lowest BCUT2D eigenvalue weighted by Crippen LogP contribution is -2.49. The summed E-state index contributed by atoms with van der Waals surface area (Å²) in [6.07, 6.45) is 4.42. The quantitative estimate of drug-likeness (QED) is 0.634. The van der Waals surface area contributed by atoms with E-state index in [1.807, 2.05) is 14.0 Å². The van der Waals surface area contributed by atoms with Crippen LogP contribution in [0.4, 0.5) is 0 Å². The van der Waals surface area contributed by atoms with E-state index in [2.05, 4.69) is 10.2 Å². The zero-order chi connectivity index (χ0) is 14.3. The molecule has 1 saturated carbocycles. The zero-order valence-corrected chi connectivity index (χ0v) is 12.5. The van der Waals surface area contributed by atoms with Crippen molar-refractivity contribution >= 4 is 5.91 Å². The van der Waals surface area contributed by atoms with Gasteiger partial charge in [-0.3, -0.25) is 9.69 Å². The number of nitrogens with one attached hydrogen (secondary N) is 1. The molecule has 112 valence electrons. The Morgan fingerprint density at radius 1 is 1.53 bits per heavy atom. The van der Waals surface area contributed by atoms with Crippen LogP contribution in [0.5, 0.6) is 0 Å². The minimum atomic E-state index is -0.0975. The van der Waals surface area contributed by atoms with Crippen LogP contribution in [0.1, 0.15) is 32.6 Å². The Hall–Kier alpha value is -0.650. The number of ether oxygens (including phenoxy) is 1. The summed E-state index contributed by atoms with van der Waals surface area (Å²) in [4.78, 5) is 14.3. The molecular weight excluding hydrogens is 242 g/mol. The first-order valence-electron chi connectivity index (χ1n) is 7.30. The SMILES string of the molecule is COCCCNC(=O)C(C)N(C)C1CCCC1CN. The normalized spacial score (nSPS) is 24.7. The summed E-state index contributed by atoms with van der Waals surface area (Å²) in [5.41, 5.74) is 5.81. The van der Waals surface area contributed by atoms with Crippen LogP contribution in [-0.4, -0.2) is 56.7 Å². The Kier molecular flexibility index (Phi) is 7.34. The summed E-state index contributed by atoms with van der Waals surface area (Å²) in [6, 6.07) is 0.351. The fraction of sp³-hybridized carbons (Fsp3) is 0.929. The molecule has 1 fully saturated rings. The van der Waals surface area contributed by atoms with Crippen LogP contribution < -0.4 is 11.1 Å². The Morgan fingerprint density at radius 3 is 2.89 bits per heavy atom. The van der Waals surface area contributed by atoms with Crippen molar-refractivity contribution in [1.82, 2.24) is 10.2 Å². The zero-order valence-electron chi connectivity index (χ0n) is 12.5. The summed E-state index contributed by atoms with van der Waals surface area (Å²) in [5, 5.41) is 2.96. The smallest absolute Gasteiger partial charge is 0.237 e. The van der Waals surface area contributed by atoms with Gasteiger partial charge in [0.05, 0.1) is 6.04 Å². The molecule has 3 N–H and O–H groups in total. The van der Waals surface area contributed by atoms with Crippen LogP contribution >= 0.6 is 0 Å². The van der Waals surface area contributed by atoms with E-state index in [9.17, 15) is 4.79 Å². The van der Waals surface area contributed by atoms with Crippen molar-refractivity contribution in [3.8, 4) is 0 Å². The molecule has 1 amide bonds. The first-order chi connectivity index (χ1) is 9.11. The summed E-state index contributed by atoms with van der Waals surface area (Å²) < 4.78 is 4.97. The topological polar surface area (TPSA) is 67.6 Å². The lowest BCUT2D eigenvalue weighted by Gasteiger charge is -2.33. The van der Waals surface area contributed by atoms with E-state index in [0.717, 1.165) is 19.4 Å². The van der Waals surface area contributed by atoms with Crippen LogP contribution in [0.15, 0.2) is 0 Å². The molecule has 0 aromatic heterocycles. The Morgan fingerprint density at radius 2 is 2.26 bits per heavy atom. The average molecular weight is 271 g/mol. The van der Waals surface area contributed by atoms with Crippen molar-refractivity contribution in [2.24, 2.45) is 11.7 Å². The molecule has 19 heavy (non-hydrogen) atoms. The largest absolute Gasteiger partial charge is 0.385 e. The van der Waals surface area contributed by atoms with Crippen LogP contribution in [0, 0.1) is 5.92 Å². The van der Waals surface area contributed by atoms with Gasteiger partial charge in [-0.1, -0.05) is 6.42 Å². The highest BCUT2D eigenvalue weighted by atomic mass is 16.5. The number of nitrogens with two attached hydrogens (primary N) is 1. The van der Waals surface area contributed by atoms with Gasteiger partial charge in [0.1, 0.15) is 0 Å². The van der Waals surface area contributed by atoms with Gasteiger partial charge in [-0.2, -0.15) is 0 Å². The van der Waals surface area contributed by atoms with Crippen LogP contribution in [0.2, 0.25) is 0 Å². The molecule has 5 nitrogen and oxygen atoms in total. The molecule has 0 spiro atoms. The molecule has 1 aliphatic carbocycles. The molecule has 0 aromatic rings. The highest BCUT2D eigenvalue weighted by Gasteiger charge is 2.33. The number of hydrogen-bond acceptors (Lipinski definition) is 4. The third-order valence-corrected chi connectivity index (χ3v) is 4.26. The molecule has 3 atom stereocenters. The number of hydrogen-bond donors (Lipinski definition) is 2. The van der Waals surface area contributed by atoms with Crippen molar-refractivity contribution in [3.63, 3.8) is 0 Å². The van der Waals surface area contributed by atoms with Gasteiger partial charge >= 0.3 is 0 Å². The van der Waals surface area contributed by atoms with Crippen molar-refractivity contribution in [2.45, 2.75) is 44.7 Å². The fourth-order valence-electron chi connectivity index (χ4n) is 2.88. The Labute approximate surface area is 116 Å². The molecule has 1 aliphatic rings. The van der Waals surface area contributed by atoms with Crippen LogP contribution in [-0.2, 0) is 9.53 Å². The summed E-state index contributed by atoms with van der Waals surface area (Å²) in [5.74, 6) is 0.634. The third kappa shape index (κ3) is 4.75. The maximum absolute atomic E-state index is 12.1. The van der Waals surface area contributed by atoms with Gasteiger partial charge in [-0.25, -0.2) is 0 Å². The highest BCUT2D eigenvalue weighted by molar-refractivity contribution is 5.81. The van der Waals surface area contributed by atoms with Crippen molar-refractivity contribution in [1.29, 1.82) is 0 Å². The lowest BCUT2D eigenvalue weighted by atomic mass is 10.0. The number of likely N-dealkylation sites (N-methyl/N-ethyl adjacent to an activating group) is 1. The number of nitrogens with zero attached hydrogens (tertiary/aromatic N) is 1. The maximum atomic E-state index is 12.1. The second-order valence-electron chi connectivity index (χ2n) is 5.47. The summed E-state index contributed by atoms with van der Waals surface area (Å²) in [7, 11) is 3.71. The average Bonchev–Trinajstić information content (AvgIpc) is 2.90. The molecular formula is C14H29N3O2. The minimum absolute atomic E-state index is 0.0975. The van der Waals surface area contributed by atoms with Gasteiger partial charge in [0, 0.05) is 26.3 Å². The van der Waals surface area contributed by atoms with Gasteiger partial charge in [0.25, 0.3) is 0 Å². The second-order valence-corrected chi connectivity index (χ2v) is 5.47. The van der Waals surface area contributed by atoms with E-state index in [0.29, 0.717) is 25.1 Å². The van der Waals surface area contributed by atoms with E-state index >= 15 is 0 Å². The molecule has 0 heterocycles. The number of rotatable bonds is 8.